The lowest BCUT2D eigenvalue weighted by atomic mass is 10.3. The first-order valence-electron chi connectivity index (χ1n) is 3.72. The molecule has 2 unspecified atom stereocenters. The fourth-order valence-corrected chi connectivity index (χ4v) is 0.711. The largest absolute Gasteiger partial charge is 0.394 e. The van der Waals surface area contributed by atoms with Crippen molar-refractivity contribution in [3.8, 4) is 0 Å². The van der Waals surface area contributed by atoms with Crippen molar-refractivity contribution in [1.82, 2.24) is 5.32 Å². The molecule has 4 nitrogen and oxygen atoms in total. The summed E-state index contributed by atoms with van der Waals surface area (Å²) in [4.78, 5) is 0. The third-order valence-corrected chi connectivity index (χ3v) is 1.33. The maximum Gasteiger partial charge on any atom is 0.0895 e. The van der Waals surface area contributed by atoms with Gasteiger partial charge in [-0.2, -0.15) is 0 Å². The van der Waals surface area contributed by atoms with Gasteiger partial charge in [-0.3, -0.25) is 0 Å². The van der Waals surface area contributed by atoms with Gasteiger partial charge in [0.05, 0.1) is 19.3 Å². The van der Waals surface area contributed by atoms with Gasteiger partial charge >= 0.3 is 0 Å². The molecule has 0 amide bonds. The van der Waals surface area contributed by atoms with E-state index in [-0.39, 0.29) is 12.6 Å². The molecule has 68 valence electrons. The lowest BCUT2D eigenvalue weighted by Gasteiger charge is -2.14. The first-order valence-corrected chi connectivity index (χ1v) is 3.72. The van der Waals surface area contributed by atoms with E-state index in [1.54, 1.807) is 7.11 Å². The average molecular weight is 163 g/mol. The minimum absolute atomic E-state index is 0.202. The highest BCUT2D eigenvalue weighted by Crippen LogP contribution is 1.83. The fourth-order valence-electron chi connectivity index (χ4n) is 0.711. The third-order valence-electron chi connectivity index (χ3n) is 1.33. The molecular weight excluding hydrogens is 146 g/mol. The Balaban J connectivity index is 3.22. The molecule has 0 saturated heterocycles. The lowest BCUT2D eigenvalue weighted by Crippen LogP contribution is -2.37. The van der Waals surface area contributed by atoms with Gasteiger partial charge in [-0.15, -0.1) is 0 Å². The van der Waals surface area contributed by atoms with E-state index in [0.717, 1.165) is 0 Å². The number of aliphatic hydroxyl groups is 2. The molecule has 0 aliphatic heterocycles. The van der Waals surface area contributed by atoms with Crippen LogP contribution in [0.5, 0.6) is 0 Å². The smallest absolute Gasteiger partial charge is 0.0895 e. The number of methoxy groups -OCH3 is 1. The average Bonchev–Trinajstić information content (AvgIpc) is 2.01. The molecule has 0 aliphatic carbocycles. The second-order valence-electron chi connectivity index (χ2n) is 2.60. The summed E-state index contributed by atoms with van der Waals surface area (Å²) in [5.74, 6) is 0. The Labute approximate surface area is 67.2 Å². The Morgan fingerprint density at radius 3 is 2.64 bits per heavy atom. The van der Waals surface area contributed by atoms with Crippen LogP contribution in [-0.2, 0) is 4.74 Å². The molecule has 0 bridgehead atoms. The maximum absolute atomic E-state index is 8.92. The minimum atomic E-state index is -0.672. The molecule has 0 aromatic rings. The topological polar surface area (TPSA) is 61.7 Å². The Morgan fingerprint density at radius 1 is 1.55 bits per heavy atom. The van der Waals surface area contributed by atoms with Gasteiger partial charge in [-0.1, -0.05) is 0 Å². The van der Waals surface area contributed by atoms with E-state index in [4.69, 9.17) is 14.9 Å². The van der Waals surface area contributed by atoms with Crippen LogP contribution in [0.3, 0.4) is 0 Å². The second-order valence-corrected chi connectivity index (χ2v) is 2.60. The first-order chi connectivity index (χ1) is 5.20. The van der Waals surface area contributed by atoms with Crippen LogP contribution in [0.1, 0.15) is 6.92 Å². The summed E-state index contributed by atoms with van der Waals surface area (Å²) in [5.41, 5.74) is 0. The molecule has 0 radical (unpaired) electrons. The number of nitrogens with one attached hydrogen (secondary N) is 1. The summed E-state index contributed by atoms with van der Waals surface area (Å²) < 4.78 is 4.86. The van der Waals surface area contributed by atoms with Crippen LogP contribution in [0, 0.1) is 0 Å². The molecule has 3 N–H and O–H groups in total. The molecular formula is C7H17NO3. The summed E-state index contributed by atoms with van der Waals surface area (Å²) in [7, 11) is 1.63. The second kappa shape index (κ2) is 6.54. The highest BCUT2D eigenvalue weighted by molar-refractivity contribution is 4.63. The van der Waals surface area contributed by atoms with Crippen molar-refractivity contribution in [3.05, 3.63) is 0 Å². The molecule has 0 aromatic carbocycles. The van der Waals surface area contributed by atoms with Crippen molar-refractivity contribution in [3.63, 3.8) is 0 Å². The van der Waals surface area contributed by atoms with Crippen molar-refractivity contribution >= 4 is 0 Å². The fraction of sp³-hybridized carbons (Fsp3) is 1.00. The molecule has 0 fully saturated rings. The van der Waals surface area contributed by atoms with Gasteiger partial charge in [-0.05, 0) is 6.92 Å². The molecule has 0 heterocycles. The molecule has 4 heteroatoms. The quantitative estimate of drug-likeness (QED) is 0.468. The Hall–Kier alpha value is -0.160. The number of aliphatic hydroxyl groups excluding tert-OH is 2. The Kier molecular flexibility index (Phi) is 6.45. The highest BCUT2D eigenvalue weighted by Gasteiger charge is 2.04. The minimum Gasteiger partial charge on any atom is -0.394 e. The summed E-state index contributed by atoms with van der Waals surface area (Å²) in [6.45, 7) is 2.76. The third kappa shape index (κ3) is 6.25. The van der Waals surface area contributed by atoms with Crippen LogP contribution in [0.15, 0.2) is 0 Å². The summed E-state index contributed by atoms with van der Waals surface area (Å²) in [6.07, 6.45) is -0.672. The van der Waals surface area contributed by atoms with Gasteiger partial charge < -0.3 is 20.3 Å². The van der Waals surface area contributed by atoms with Gasteiger partial charge in [0.1, 0.15) is 0 Å². The molecule has 0 saturated carbocycles. The molecule has 2 atom stereocenters. The monoisotopic (exact) mass is 163 g/mol. The van der Waals surface area contributed by atoms with E-state index in [2.05, 4.69) is 5.32 Å². The molecule has 0 spiro atoms. The van der Waals surface area contributed by atoms with E-state index >= 15 is 0 Å². The summed E-state index contributed by atoms with van der Waals surface area (Å²) in [5, 5.41) is 20.4. The highest BCUT2D eigenvalue weighted by atomic mass is 16.5. The summed E-state index contributed by atoms with van der Waals surface area (Å²) >= 11 is 0. The van der Waals surface area contributed by atoms with Crippen LogP contribution >= 0.6 is 0 Å². The molecule has 11 heavy (non-hydrogen) atoms. The molecule has 0 aromatic heterocycles. The van der Waals surface area contributed by atoms with Crippen LogP contribution in [0.2, 0.25) is 0 Å². The van der Waals surface area contributed by atoms with Crippen molar-refractivity contribution in [2.24, 2.45) is 0 Å². The number of rotatable bonds is 6. The van der Waals surface area contributed by atoms with E-state index < -0.39 is 6.10 Å². The van der Waals surface area contributed by atoms with Gasteiger partial charge in [0.15, 0.2) is 0 Å². The van der Waals surface area contributed by atoms with Gasteiger partial charge in [0.25, 0.3) is 0 Å². The standard InChI is InChI=1S/C7H17NO3/c1-6(5-11-2)8-3-7(10)4-9/h6-10H,3-5H2,1-2H3. The van der Waals surface area contributed by atoms with Crippen LogP contribution in [-0.4, -0.2) is 49.2 Å². The van der Waals surface area contributed by atoms with Gasteiger partial charge in [-0.25, -0.2) is 0 Å². The van der Waals surface area contributed by atoms with Crippen molar-refractivity contribution in [2.75, 3.05) is 26.9 Å². The SMILES string of the molecule is COCC(C)NCC(O)CO. The number of hydrogen-bond acceptors (Lipinski definition) is 4. The lowest BCUT2D eigenvalue weighted by molar-refractivity contribution is 0.0870. The number of ether oxygens (including phenoxy) is 1. The maximum atomic E-state index is 8.92. The zero-order valence-corrected chi connectivity index (χ0v) is 7.08. The normalized spacial score (nSPS) is 16.4. The van der Waals surface area contributed by atoms with Gasteiger partial charge in [0, 0.05) is 19.7 Å². The zero-order chi connectivity index (χ0) is 8.69. The van der Waals surface area contributed by atoms with Crippen LogP contribution in [0.25, 0.3) is 0 Å². The van der Waals surface area contributed by atoms with Gasteiger partial charge in [0.2, 0.25) is 0 Å². The predicted molar refractivity (Wildman–Crippen MR) is 42.4 cm³/mol. The summed E-state index contributed by atoms with van der Waals surface area (Å²) in [6, 6.07) is 0.209. The van der Waals surface area contributed by atoms with E-state index in [9.17, 15) is 0 Å². The molecule has 0 rings (SSSR count). The predicted octanol–water partition coefficient (Wildman–Crippen LogP) is -1.04. The first kappa shape index (κ1) is 10.8. The molecule has 0 aliphatic rings. The number of hydrogen-bond donors (Lipinski definition) is 3. The van der Waals surface area contributed by atoms with Crippen LogP contribution in [0.4, 0.5) is 0 Å². The van der Waals surface area contributed by atoms with Crippen molar-refractivity contribution < 1.29 is 14.9 Å². The van der Waals surface area contributed by atoms with E-state index in [1.165, 1.54) is 0 Å². The Morgan fingerprint density at radius 2 is 2.18 bits per heavy atom. The van der Waals surface area contributed by atoms with Crippen LogP contribution < -0.4 is 5.32 Å². The van der Waals surface area contributed by atoms with E-state index in [1.807, 2.05) is 6.92 Å². The van der Waals surface area contributed by atoms with E-state index in [0.29, 0.717) is 13.2 Å². The Bertz CT molecular complexity index is 89.8. The van der Waals surface area contributed by atoms with Crippen molar-refractivity contribution in [1.29, 1.82) is 0 Å². The van der Waals surface area contributed by atoms with Crippen molar-refractivity contribution in [2.45, 2.75) is 19.1 Å². The zero-order valence-electron chi connectivity index (χ0n) is 7.08.